The minimum Gasteiger partial charge on any atom is -0.495 e. The van der Waals surface area contributed by atoms with Gasteiger partial charge in [0, 0.05) is 63.2 Å². The number of carbonyl (C=O) groups is 9. The van der Waals surface area contributed by atoms with E-state index in [1.165, 1.54) is 46.2 Å². The van der Waals surface area contributed by atoms with Crippen LogP contribution in [0.1, 0.15) is 102 Å². The van der Waals surface area contributed by atoms with Crippen molar-refractivity contribution in [1.82, 2.24) is 31.5 Å². The molecule has 3 heterocycles. The molecule has 4 bridgehead atoms. The highest BCUT2D eigenvalue weighted by molar-refractivity contribution is 9.09. The van der Waals surface area contributed by atoms with E-state index < -0.39 is 125 Å². The fourth-order valence-corrected chi connectivity index (χ4v) is 10.8. The first-order valence-electron chi connectivity index (χ1n) is 28.6. The van der Waals surface area contributed by atoms with Gasteiger partial charge in [-0.05, 0) is 101 Å². The Bertz CT molecular complexity index is 2950. The largest absolute Gasteiger partial charge is 0.495 e. The molecule has 0 saturated carbocycles. The number of esters is 1. The molecule has 2 saturated heterocycles. The van der Waals surface area contributed by atoms with Crippen LogP contribution >= 0.6 is 27.5 Å². The molecule has 24 nitrogen and oxygen atoms in total. The summed E-state index contributed by atoms with van der Waals surface area (Å²) in [7, 11) is 5.56. The minimum atomic E-state index is -1.94. The summed E-state index contributed by atoms with van der Waals surface area (Å²) < 4.78 is 45.6. The van der Waals surface area contributed by atoms with Crippen molar-refractivity contribution in [1.29, 1.82) is 0 Å². The number of nitrogens with zero attached hydrogens (tertiary/aromatic N) is 2. The normalized spacial score (nSPS) is 24.4. The molecule has 2 aromatic rings. The molecule has 3 aliphatic heterocycles. The van der Waals surface area contributed by atoms with Gasteiger partial charge in [0.1, 0.15) is 58.9 Å². The summed E-state index contributed by atoms with van der Waals surface area (Å²) >= 11 is 10.0. The van der Waals surface area contributed by atoms with Crippen LogP contribution in [0.2, 0.25) is 5.02 Å². The molecule has 2 fully saturated rings. The number of amides is 8. The van der Waals surface area contributed by atoms with Crippen LogP contribution in [-0.2, 0) is 54.1 Å². The molecule has 0 spiro atoms. The molecule has 87 heavy (non-hydrogen) atoms. The number of alkyl halides is 1. The van der Waals surface area contributed by atoms with Crippen molar-refractivity contribution in [3.8, 4) is 5.75 Å². The molecule has 1 unspecified atom stereocenters. The predicted octanol–water partition coefficient (Wildman–Crippen LogP) is 5.26. The number of hydrogen-bond acceptors (Lipinski definition) is 16. The summed E-state index contributed by atoms with van der Waals surface area (Å²) in [6.07, 6.45) is 1.89. The number of allylic oxidation sites excluding steroid dienone is 3. The second-order valence-corrected chi connectivity index (χ2v) is 23.6. The van der Waals surface area contributed by atoms with Gasteiger partial charge in [0.15, 0.2) is 5.72 Å². The molecule has 2 aromatic carbocycles. The predicted molar refractivity (Wildman–Crippen MR) is 325 cm³/mol. The van der Waals surface area contributed by atoms with Crippen molar-refractivity contribution in [2.75, 3.05) is 57.0 Å². The van der Waals surface area contributed by atoms with Crippen LogP contribution in [0.4, 0.5) is 25.4 Å². The smallest absolute Gasteiger partial charge is 0.409 e. The Morgan fingerprint density at radius 3 is 2.39 bits per heavy atom. The first-order chi connectivity index (χ1) is 41.0. The summed E-state index contributed by atoms with van der Waals surface area (Å²) in [5.74, 6) is -6.13. The van der Waals surface area contributed by atoms with Crippen LogP contribution in [0.5, 0.6) is 5.75 Å². The fraction of sp³-hybridized carbons (Fsp3) is 0.550. The zero-order valence-corrected chi connectivity index (χ0v) is 53.1. The zero-order chi connectivity index (χ0) is 64.7. The zero-order valence-electron chi connectivity index (χ0n) is 50.7. The van der Waals surface area contributed by atoms with E-state index in [4.69, 9.17) is 41.0 Å². The summed E-state index contributed by atoms with van der Waals surface area (Å²) in [5.41, 5.74) is 3.48. The highest BCUT2D eigenvalue weighted by Crippen LogP contribution is 2.49. The number of anilines is 2. The second kappa shape index (κ2) is 31.8. The Hall–Kier alpha value is -6.97. The number of primary amides is 1. The molecule has 478 valence electrons. The van der Waals surface area contributed by atoms with Gasteiger partial charge in [0.05, 0.1) is 43.0 Å². The number of aldehydes is 1. The first-order valence-corrected chi connectivity index (χ1v) is 30.1. The maximum absolute atomic E-state index is 16.2. The quantitative estimate of drug-likeness (QED) is 0.0157. The molecule has 0 aromatic heterocycles. The number of epoxide rings is 1. The number of alkyl carbamates (subject to hydrolysis) is 1. The van der Waals surface area contributed by atoms with E-state index in [0.717, 1.165) is 28.2 Å². The van der Waals surface area contributed by atoms with Crippen LogP contribution < -0.4 is 47.3 Å². The highest BCUT2D eigenvalue weighted by Gasteiger charge is 2.64. The van der Waals surface area contributed by atoms with Crippen LogP contribution in [0.3, 0.4) is 0 Å². The number of nitrogens with two attached hydrogens (primary N) is 1. The molecular formula is C60H82BrClFN9O15. The molecule has 0 radical (unpaired) electrons. The number of urea groups is 1. The van der Waals surface area contributed by atoms with Gasteiger partial charge in [0.2, 0.25) is 23.6 Å². The van der Waals surface area contributed by atoms with E-state index in [0.29, 0.717) is 49.4 Å². The lowest BCUT2D eigenvalue weighted by molar-refractivity contribution is -0.158. The first kappa shape index (κ1) is 70.8. The average molecular weight is 1300 g/mol. The van der Waals surface area contributed by atoms with Gasteiger partial charge in [-0.25, -0.2) is 18.8 Å². The SMILES string of the molecule is C=C(CBr)C(=O)NCCCCC(C=O)N[C@H](C(=O)N[C@@H](CCCNC(N)=O)C(=O)Nc1ccc(C(=O)N(C)[C@@H](C)C(=O)O[C@H]2CC(=O)N(C)c3cc(cc(OC)c3Cl)C/C(C)=C/C=C/[C@@H](OC)[C@@]3(O)C[C@H](OC(=O)N3)[C@@H](C)[C@@H]3O[C@@]23C)c(F)c1)C(C)C. The van der Waals surface area contributed by atoms with Crippen LogP contribution in [-0.4, -0.2) is 171 Å². The third-order valence-corrected chi connectivity index (χ3v) is 16.8. The number of rotatable bonds is 25. The van der Waals surface area contributed by atoms with Crippen molar-refractivity contribution >= 4 is 92.8 Å². The number of likely N-dealkylation sites (N-methyl/N-ethyl adjacent to an activating group) is 1. The van der Waals surface area contributed by atoms with Crippen LogP contribution in [0.25, 0.3) is 0 Å². The summed E-state index contributed by atoms with van der Waals surface area (Å²) in [6.45, 7) is 14.1. The van der Waals surface area contributed by atoms with E-state index >= 15 is 4.39 Å². The van der Waals surface area contributed by atoms with Gasteiger partial charge in [-0.1, -0.05) is 78.7 Å². The lowest BCUT2D eigenvalue weighted by Gasteiger charge is -2.42. The Balaban J connectivity index is 1.34. The van der Waals surface area contributed by atoms with E-state index in [1.807, 2.05) is 13.0 Å². The fourth-order valence-electron chi connectivity index (χ4n) is 10.3. The molecule has 11 atom stereocenters. The third-order valence-electron chi connectivity index (χ3n) is 15.7. The lowest BCUT2D eigenvalue weighted by atomic mass is 9.83. The van der Waals surface area contributed by atoms with E-state index in [1.54, 1.807) is 52.0 Å². The van der Waals surface area contributed by atoms with Crippen molar-refractivity contribution in [2.24, 2.45) is 17.6 Å². The van der Waals surface area contributed by atoms with Gasteiger partial charge in [-0.2, -0.15) is 0 Å². The van der Waals surface area contributed by atoms with Crippen molar-refractivity contribution in [3.63, 3.8) is 0 Å². The lowest BCUT2D eigenvalue weighted by Crippen LogP contribution is -2.63. The highest BCUT2D eigenvalue weighted by atomic mass is 79.9. The molecule has 27 heteroatoms. The minimum absolute atomic E-state index is 0.0258. The Kier molecular flexibility index (Phi) is 25.9. The van der Waals surface area contributed by atoms with E-state index in [9.17, 15) is 48.3 Å². The second-order valence-electron chi connectivity index (χ2n) is 22.6. The molecule has 9 N–H and O–H groups in total. The van der Waals surface area contributed by atoms with E-state index in [-0.39, 0.29) is 59.8 Å². The summed E-state index contributed by atoms with van der Waals surface area (Å²) in [6, 6.07) is 1.47. The maximum Gasteiger partial charge on any atom is 0.409 e. The number of ether oxygens (including phenoxy) is 5. The number of nitrogens with one attached hydrogen (secondary N) is 6. The van der Waals surface area contributed by atoms with Crippen molar-refractivity contribution < 1.29 is 76.3 Å². The van der Waals surface area contributed by atoms with Gasteiger partial charge in [0.25, 0.3) is 5.91 Å². The number of unbranched alkanes of at least 4 members (excludes halogenated alkanes) is 1. The van der Waals surface area contributed by atoms with Gasteiger partial charge < -0.3 is 70.4 Å². The number of benzene rings is 2. The molecule has 0 aliphatic carbocycles. The number of methoxy groups -OCH3 is 2. The summed E-state index contributed by atoms with van der Waals surface area (Å²) in [4.78, 5) is 122. The van der Waals surface area contributed by atoms with Gasteiger partial charge >= 0.3 is 18.1 Å². The standard InChI is InChI=1S/C60H82BrClFN9O15/c1-32(2)50(67-39(31-73)17-12-13-22-65-52(75)34(4)30-61)54(77)69-42(18-15-23-66-57(64)80)53(76)68-38-20-21-40(41(63)27-38)55(78)71(8)36(6)56(79)86-47-28-48(74)72(9)43-25-37(26-44(83-10)49(43)62)24-33(3)16-14-19-46(84-11)60(82)29-45(85-58(81)70-60)35(5)51-59(47,7)87-51/h14,16,19-21,25-27,31-32,35-36,39,42,45-47,50-51,67,82H,4,12-13,15,17-18,22-24,28-30H2,1-3,5-11H3,(H,65,75)(H,68,76)(H,69,77)(H,70,81)(H3,64,66,80)/b19-14+,33-16+/t35-,36+,39?,42+,45+,46-,47+,50+,51+,59+,60+/m1/s1. The van der Waals surface area contributed by atoms with Crippen LogP contribution in [0.15, 0.2) is 66.3 Å². The number of fused-ring (bicyclic) bond motifs is 5. The monoisotopic (exact) mass is 1300 g/mol. The van der Waals surface area contributed by atoms with Crippen molar-refractivity contribution in [2.45, 2.75) is 153 Å². The molecule has 8 amide bonds. The Morgan fingerprint density at radius 1 is 1.06 bits per heavy atom. The van der Waals surface area contributed by atoms with Gasteiger partial charge in [-0.3, -0.25) is 34.6 Å². The summed E-state index contributed by atoms with van der Waals surface area (Å²) in [5, 5.41) is 28.4. The Labute approximate surface area is 519 Å². The molecule has 5 rings (SSSR count). The van der Waals surface area contributed by atoms with Crippen molar-refractivity contribution in [3.05, 3.63) is 88.3 Å². The third kappa shape index (κ3) is 18.8. The van der Waals surface area contributed by atoms with E-state index in [2.05, 4.69) is 54.4 Å². The molecular weight excluding hydrogens is 1220 g/mol. The average Bonchev–Trinajstić information content (AvgIpc) is 1.59. The topological polar surface area (TPSA) is 328 Å². The van der Waals surface area contributed by atoms with Gasteiger partial charge in [-0.15, -0.1) is 0 Å². The Morgan fingerprint density at radius 2 is 1.76 bits per heavy atom. The maximum atomic E-state index is 16.2. The number of halogens is 3. The number of hydrogen-bond donors (Lipinski definition) is 8. The number of carbonyl (C=O) groups excluding carboxylic acids is 9. The number of aliphatic hydroxyl groups is 1. The molecule has 3 aliphatic rings. The van der Waals surface area contributed by atoms with Crippen LogP contribution in [0, 0.1) is 17.7 Å².